The second-order valence-corrected chi connectivity index (χ2v) is 8.46. The molecular weight excluding hydrogens is 414 g/mol. The topological polar surface area (TPSA) is 100.0 Å². The standard InChI is InChI=1S/C24H31N9/c1-17(2)14-22(27-16-25)32-12-9-19(10-13-32)28-24-29-23-20(6-5-11-33(23)30-24)18-7-8-21(26-15-18)31(3)4/h5-8,11,14-16,19H,1,9-10,12-13H2,2-4H3,(H2,25,27)(H,28,30)/b22-14+. The molecule has 0 spiro atoms. The normalized spacial score (nSPS) is 15.4. The predicted molar refractivity (Wildman–Crippen MR) is 134 cm³/mol. The Morgan fingerprint density at radius 1 is 1.27 bits per heavy atom. The molecule has 1 fully saturated rings. The molecule has 1 saturated heterocycles. The zero-order chi connectivity index (χ0) is 23.4. The number of aliphatic imine (C=N–C) groups is 1. The molecule has 0 unspecified atom stereocenters. The maximum atomic E-state index is 5.53. The number of rotatable bonds is 7. The van der Waals surface area contributed by atoms with Crippen molar-refractivity contribution in [1.82, 2.24) is 24.5 Å². The van der Waals surface area contributed by atoms with Crippen LogP contribution in [0.5, 0.6) is 0 Å². The van der Waals surface area contributed by atoms with E-state index < -0.39 is 0 Å². The van der Waals surface area contributed by atoms with Gasteiger partial charge < -0.3 is 20.9 Å². The molecule has 0 aliphatic carbocycles. The van der Waals surface area contributed by atoms with Gasteiger partial charge in [0.1, 0.15) is 11.6 Å². The van der Waals surface area contributed by atoms with Crippen molar-refractivity contribution in [2.75, 3.05) is 37.4 Å². The molecule has 3 N–H and O–H groups in total. The summed E-state index contributed by atoms with van der Waals surface area (Å²) in [6.45, 7) is 7.65. The highest BCUT2D eigenvalue weighted by atomic mass is 15.4. The Kier molecular flexibility index (Phi) is 6.58. The van der Waals surface area contributed by atoms with Crippen LogP contribution in [0.25, 0.3) is 16.8 Å². The van der Waals surface area contributed by atoms with Crippen molar-refractivity contribution in [3.8, 4) is 11.1 Å². The van der Waals surface area contributed by atoms with E-state index in [-0.39, 0.29) is 6.04 Å². The molecule has 1 aliphatic heterocycles. The molecule has 4 heterocycles. The first-order valence-electron chi connectivity index (χ1n) is 11.1. The van der Waals surface area contributed by atoms with Crippen LogP contribution in [0.4, 0.5) is 11.8 Å². The fraction of sp³-hybridized carbons (Fsp3) is 0.333. The predicted octanol–water partition coefficient (Wildman–Crippen LogP) is 3.14. The lowest BCUT2D eigenvalue weighted by Crippen LogP contribution is -2.38. The molecule has 9 nitrogen and oxygen atoms in total. The van der Waals surface area contributed by atoms with E-state index >= 15 is 0 Å². The molecule has 0 aromatic carbocycles. The van der Waals surface area contributed by atoms with Gasteiger partial charge in [-0.15, -0.1) is 5.10 Å². The quantitative estimate of drug-likeness (QED) is 0.327. The number of aromatic nitrogens is 4. The van der Waals surface area contributed by atoms with E-state index in [0.29, 0.717) is 5.95 Å². The number of nitrogens with one attached hydrogen (secondary N) is 1. The van der Waals surface area contributed by atoms with Crippen molar-refractivity contribution >= 4 is 23.8 Å². The second kappa shape index (κ2) is 9.72. The van der Waals surface area contributed by atoms with Crippen molar-refractivity contribution in [2.24, 2.45) is 10.7 Å². The summed E-state index contributed by atoms with van der Waals surface area (Å²) >= 11 is 0. The summed E-state index contributed by atoms with van der Waals surface area (Å²) in [5, 5.41) is 8.16. The van der Waals surface area contributed by atoms with Crippen LogP contribution >= 0.6 is 0 Å². The minimum Gasteiger partial charge on any atom is -0.390 e. The number of allylic oxidation sites excluding steroid dienone is 2. The number of anilines is 2. The second-order valence-electron chi connectivity index (χ2n) is 8.46. The van der Waals surface area contributed by atoms with E-state index in [0.717, 1.165) is 59.9 Å². The maximum absolute atomic E-state index is 5.53. The first-order chi connectivity index (χ1) is 15.9. The van der Waals surface area contributed by atoms with Gasteiger partial charge in [-0.25, -0.2) is 14.5 Å². The largest absolute Gasteiger partial charge is 0.390 e. The number of pyridine rings is 2. The fourth-order valence-corrected chi connectivity index (χ4v) is 3.95. The third-order valence-corrected chi connectivity index (χ3v) is 5.61. The van der Waals surface area contributed by atoms with Crippen molar-refractivity contribution in [3.05, 3.63) is 60.7 Å². The van der Waals surface area contributed by atoms with Gasteiger partial charge in [-0.05, 0) is 50.1 Å². The van der Waals surface area contributed by atoms with E-state index in [1.54, 1.807) is 0 Å². The number of likely N-dealkylation sites (tertiary alicyclic amines) is 1. The van der Waals surface area contributed by atoms with Gasteiger partial charge in [-0.2, -0.15) is 4.98 Å². The molecule has 0 saturated carbocycles. The summed E-state index contributed by atoms with van der Waals surface area (Å²) in [7, 11) is 3.96. The molecular formula is C24H31N9. The fourth-order valence-electron chi connectivity index (χ4n) is 3.95. The Hall–Kier alpha value is -3.88. The van der Waals surface area contributed by atoms with Gasteiger partial charge in [-0.3, -0.25) is 0 Å². The lowest BCUT2D eigenvalue weighted by atomic mass is 10.1. The van der Waals surface area contributed by atoms with Crippen LogP contribution in [0.3, 0.4) is 0 Å². The lowest BCUT2D eigenvalue weighted by molar-refractivity contribution is 0.269. The van der Waals surface area contributed by atoms with Gasteiger partial charge >= 0.3 is 0 Å². The van der Waals surface area contributed by atoms with Crippen LogP contribution in [0, 0.1) is 0 Å². The zero-order valence-electron chi connectivity index (χ0n) is 19.4. The monoisotopic (exact) mass is 445 g/mol. The molecule has 3 aromatic rings. The molecule has 3 aromatic heterocycles. The van der Waals surface area contributed by atoms with Gasteiger partial charge in [-0.1, -0.05) is 12.2 Å². The summed E-state index contributed by atoms with van der Waals surface area (Å²) in [4.78, 5) is 17.8. The van der Waals surface area contributed by atoms with Crippen LogP contribution in [-0.4, -0.2) is 64.0 Å². The summed E-state index contributed by atoms with van der Waals surface area (Å²) in [6.07, 6.45) is 8.99. The van der Waals surface area contributed by atoms with E-state index in [4.69, 9.17) is 10.7 Å². The number of nitrogens with two attached hydrogens (primary N) is 1. The first kappa shape index (κ1) is 22.3. The number of fused-ring (bicyclic) bond motifs is 1. The van der Waals surface area contributed by atoms with Gasteiger partial charge in [0, 0.05) is 56.7 Å². The van der Waals surface area contributed by atoms with Crippen molar-refractivity contribution in [3.63, 3.8) is 0 Å². The highest BCUT2D eigenvalue weighted by Gasteiger charge is 2.22. The average molecular weight is 446 g/mol. The van der Waals surface area contributed by atoms with Gasteiger partial charge in [0.15, 0.2) is 5.65 Å². The van der Waals surface area contributed by atoms with E-state index in [2.05, 4.69) is 37.9 Å². The molecule has 0 amide bonds. The number of nitrogens with zero attached hydrogens (tertiary/aromatic N) is 7. The number of piperidine rings is 1. The Morgan fingerprint density at radius 3 is 2.70 bits per heavy atom. The van der Waals surface area contributed by atoms with Crippen LogP contribution in [-0.2, 0) is 0 Å². The highest BCUT2D eigenvalue weighted by molar-refractivity contribution is 5.77. The first-order valence-corrected chi connectivity index (χ1v) is 11.1. The Balaban J connectivity index is 1.47. The Morgan fingerprint density at radius 2 is 2.06 bits per heavy atom. The Labute approximate surface area is 194 Å². The number of hydrogen-bond acceptors (Lipinski definition) is 7. The average Bonchev–Trinajstić information content (AvgIpc) is 3.21. The third-order valence-electron chi connectivity index (χ3n) is 5.61. The molecule has 172 valence electrons. The summed E-state index contributed by atoms with van der Waals surface area (Å²) in [5.74, 6) is 2.41. The highest BCUT2D eigenvalue weighted by Crippen LogP contribution is 2.26. The number of hydrogen-bond donors (Lipinski definition) is 2. The molecule has 9 heteroatoms. The van der Waals surface area contributed by atoms with Gasteiger partial charge in [0.25, 0.3) is 0 Å². The van der Waals surface area contributed by atoms with Crippen LogP contribution in [0.2, 0.25) is 0 Å². The van der Waals surface area contributed by atoms with E-state index in [1.807, 2.05) is 67.1 Å². The maximum Gasteiger partial charge on any atom is 0.243 e. The molecule has 0 bridgehead atoms. The van der Waals surface area contributed by atoms with Crippen molar-refractivity contribution < 1.29 is 0 Å². The van der Waals surface area contributed by atoms with E-state index in [1.165, 1.54) is 6.34 Å². The van der Waals surface area contributed by atoms with Crippen LogP contribution in [0.1, 0.15) is 19.8 Å². The van der Waals surface area contributed by atoms with E-state index in [9.17, 15) is 0 Å². The van der Waals surface area contributed by atoms with Gasteiger partial charge in [0.2, 0.25) is 5.95 Å². The summed E-state index contributed by atoms with van der Waals surface area (Å²) in [6, 6.07) is 8.39. The minimum absolute atomic E-state index is 0.288. The van der Waals surface area contributed by atoms with Crippen LogP contribution < -0.4 is 16.0 Å². The summed E-state index contributed by atoms with van der Waals surface area (Å²) in [5.41, 5.74) is 9.29. The third kappa shape index (κ3) is 5.14. The Bertz CT molecular complexity index is 1170. The zero-order valence-corrected chi connectivity index (χ0v) is 19.4. The van der Waals surface area contributed by atoms with Crippen LogP contribution in [0.15, 0.2) is 65.7 Å². The smallest absolute Gasteiger partial charge is 0.243 e. The lowest BCUT2D eigenvalue weighted by Gasteiger charge is -2.33. The molecule has 4 rings (SSSR count). The summed E-state index contributed by atoms with van der Waals surface area (Å²) < 4.78 is 1.82. The molecule has 0 atom stereocenters. The molecule has 33 heavy (non-hydrogen) atoms. The molecule has 1 aliphatic rings. The molecule has 0 radical (unpaired) electrons. The SMILES string of the molecule is C=C(C)/C=C(\N=C/N)N1CCC(Nc2nc3c(-c4ccc(N(C)C)nc4)cccn3n2)CC1. The van der Waals surface area contributed by atoms with Crippen molar-refractivity contribution in [2.45, 2.75) is 25.8 Å². The minimum atomic E-state index is 0.288. The van der Waals surface area contributed by atoms with Gasteiger partial charge in [0.05, 0.1) is 6.34 Å². The van der Waals surface area contributed by atoms with Crippen molar-refractivity contribution in [1.29, 1.82) is 0 Å².